The number of nitrogens with one attached hydrogen (secondary N) is 1. The third-order valence-electron chi connectivity index (χ3n) is 3.46. The summed E-state index contributed by atoms with van der Waals surface area (Å²) < 4.78 is 40.9. The van der Waals surface area contributed by atoms with Crippen LogP contribution in [0.15, 0.2) is 0 Å². The fourth-order valence-electron chi connectivity index (χ4n) is 2.24. The topological polar surface area (TPSA) is 69.0 Å². The van der Waals surface area contributed by atoms with Crippen LogP contribution in [0.25, 0.3) is 0 Å². The first-order valence-corrected chi connectivity index (χ1v) is 7.63. The molecule has 120 valence electrons. The molecule has 1 saturated heterocycles. The maximum absolute atomic E-state index is 12.3. The van der Waals surface area contributed by atoms with Crippen LogP contribution >= 0.6 is 23.1 Å². The van der Waals surface area contributed by atoms with Crippen molar-refractivity contribution in [1.29, 1.82) is 5.26 Å². The molecule has 0 spiro atoms. The molecule has 1 aromatic rings. The molecule has 5 nitrogen and oxygen atoms in total. The zero-order chi connectivity index (χ0) is 16.3. The number of halogens is 4. The van der Waals surface area contributed by atoms with Crippen LogP contribution in [0.1, 0.15) is 18.4 Å². The van der Waals surface area contributed by atoms with E-state index < -0.39 is 12.1 Å². The fraction of sp³-hybridized carbons (Fsp3) is 0.583. The number of nitriles is 1. The average molecular weight is 353 g/mol. The Hall–Kier alpha value is -1.53. The van der Waals surface area contributed by atoms with Gasteiger partial charge in [0.2, 0.25) is 0 Å². The Bertz CT molecular complexity index is 590. The summed E-state index contributed by atoms with van der Waals surface area (Å²) >= 11 is 6.82. The van der Waals surface area contributed by atoms with Crippen molar-refractivity contribution in [2.24, 2.45) is 5.92 Å². The molecule has 2 rings (SSSR count). The summed E-state index contributed by atoms with van der Waals surface area (Å²) in [5.41, 5.74) is 0.274. The minimum Gasteiger partial charge on any atom is -0.374 e. The van der Waals surface area contributed by atoms with Gasteiger partial charge < -0.3 is 10.2 Å². The van der Waals surface area contributed by atoms with Gasteiger partial charge >= 0.3 is 12.1 Å². The van der Waals surface area contributed by atoms with Crippen LogP contribution in [-0.2, 0) is 4.79 Å². The van der Waals surface area contributed by atoms with Crippen LogP contribution in [0.4, 0.5) is 18.2 Å². The lowest BCUT2D eigenvalue weighted by molar-refractivity contribution is -0.186. The standard InChI is InChI=1S/C12H12ClF3N4OS/c13-9-8(5-17)10(22-19-9)18-6-7-1-3-20(4-2-7)11(21)12(14,15)16/h7,18H,1-4,6H2. The average Bonchev–Trinajstić information content (AvgIpc) is 2.84. The lowest BCUT2D eigenvalue weighted by atomic mass is 9.96. The summed E-state index contributed by atoms with van der Waals surface area (Å²) in [6.07, 6.45) is -3.86. The minimum absolute atomic E-state index is 0.0826. The molecule has 1 N–H and O–H groups in total. The summed E-state index contributed by atoms with van der Waals surface area (Å²) in [5, 5.41) is 12.7. The normalized spacial score (nSPS) is 16.4. The van der Waals surface area contributed by atoms with Crippen molar-refractivity contribution in [2.45, 2.75) is 19.0 Å². The van der Waals surface area contributed by atoms with Crippen LogP contribution in [-0.4, -0.2) is 41.0 Å². The smallest absolute Gasteiger partial charge is 0.374 e. The molecule has 22 heavy (non-hydrogen) atoms. The molecule has 2 heterocycles. The van der Waals surface area contributed by atoms with E-state index in [0.29, 0.717) is 24.4 Å². The predicted molar refractivity (Wildman–Crippen MR) is 75.7 cm³/mol. The fourth-order valence-corrected chi connectivity index (χ4v) is 3.19. The van der Waals surface area contributed by atoms with Gasteiger partial charge in [-0.2, -0.15) is 22.8 Å². The zero-order valence-electron chi connectivity index (χ0n) is 11.3. The van der Waals surface area contributed by atoms with E-state index in [2.05, 4.69) is 9.69 Å². The van der Waals surface area contributed by atoms with Crippen molar-refractivity contribution >= 4 is 34.0 Å². The molecule has 1 fully saturated rings. The van der Waals surface area contributed by atoms with Crippen molar-refractivity contribution in [1.82, 2.24) is 9.27 Å². The minimum atomic E-state index is -4.81. The number of likely N-dealkylation sites (tertiary alicyclic amines) is 1. The molecule has 1 amide bonds. The number of carbonyl (C=O) groups is 1. The Morgan fingerprint density at radius 3 is 2.68 bits per heavy atom. The first-order valence-electron chi connectivity index (χ1n) is 6.48. The molecule has 0 atom stereocenters. The number of hydrogen-bond acceptors (Lipinski definition) is 5. The number of hydrogen-bond donors (Lipinski definition) is 1. The Balaban J connectivity index is 1.83. The number of rotatable bonds is 3. The van der Waals surface area contributed by atoms with Crippen molar-refractivity contribution in [3.8, 4) is 6.07 Å². The maximum Gasteiger partial charge on any atom is 0.471 e. The van der Waals surface area contributed by atoms with Crippen LogP contribution in [0.5, 0.6) is 0 Å². The first-order chi connectivity index (χ1) is 10.3. The second kappa shape index (κ2) is 6.71. The number of amides is 1. The molecule has 0 saturated carbocycles. The second-order valence-corrected chi connectivity index (χ2v) is 6.03. The van der Waals surface area contributed by atoms with E-state index in [9.17, 15) is 18.0 Å². The zero-order valence-corrected chi connectivity index (χ0v) is 12.9. The van der Waals surface area contributed by atoms with E-state index in [0.717, 1.165) is 16.4 Å². The summed E-state index contributed by atoms with van der Waals surface area (Å²) in [6.45, 7) is 0.666. The molecule has 1 aliphatic rings. The van der Waals surface area contributed by atoms with Crippen LogP contribution < -0.4 is 5.32 Å². The van der Waals surface area contributed by atoms with Crippen molar-refractivity contribution < 1.29 is 18.0 Å². The summed E-state index contributed by atoms with van der Waals surface area (Å²) in [6, 6.07) is 1.95. The van der Waals surface area contributed by atoms with E-state index in [1.54, 1.807) is 0 Å². The van der Waals surface area contributed by atoms with E-state index in [-0.39, 0.29) is 29.7 Å². The number of nitrogens with zero attached hydrogens (tertiary/aromatic N) is 3. The number of anilines is 1. The summed E-state index contributed by atoms with van der Waals surface area (Å²) in [7, 11) is 0. The molecule has 0 bridgehead atoms. The monoisotopic (exact) mass is 352 g/mol. The van der Waals surface area contributed by atoms with Crippen LogP contribution in [0.3, 0.4) is 0 Å². The molecule has 0 aliphatic carbocycles. The van der Waals surface area contributed by atoms with E-state index in [4.69, 9.17) is 16.9 Å². The van der Waals surface area contributed by atoms with E-state index >= 15 is 0 Å². The molecule has 0 aromatic carbocycles. The summed E-state index contributed by atoms with van der Waals surface area (Å²) in [5.74, 6) is -1.65. The Labute approximate surface area is 133 Å². The van der Waals surface area contributed by atoms with Gasteiger partial charge in [0.05, 0.1) is 0 Å². The Morgan fingerprint density at radius 2 is 2.14 bits per heavy atom. The lowest BCUT2D eigenvalue weighted by Gasteiger charge is -2.32. The molecule has 10 heteroatoms. The maximum atomic E-state index is 12.3. The largest absolute Gasteiger partial charge is 0.471 e. The van der Waals surface area contributed by atoms with Crippen LogP contribution in [0.2, 0.25) is 5.15 Å². The van der Waals surface area contributed by atoms with Gasteiger partial charge in [0.1, 0.15) is 16.6 Å². The summed E-state index contributed by atoms with van der Waals surface area (Å²) in [4.78, 5) is 12.0. The molecular formula is C12H12ClF3N4OS. The second-order valence-electron chi connectivity index (χ2n) is 4.90. The number of piperidine rings is 1. The quantitative estimate of drug-likeness (QED) is 0.908. The van der Waals surface area contributed by atoms with E-state index in [1.165, 1.54) is 0 Å². The number of aromatic nitrogens is 1. The Morgan fingerprint density at radius 1 is 1.50 bits per heavy atom. The Kier molecular flexibility index (Phi) is 5.13. The van der Waals surface area contributed by atoms with Crippen molar-refractivity contribution in [3.63, 3.8) is 0 Å². The SMILES string of the molecule is N#Cc1c(Cl)nsc1NCC1CCN(C(=O)C(F)(F)F)CC1. The third kappa shape index (κ3) is 3.81. The van der Waals surface area contributed by atoms with Gasteiger partial charge in [0, 0.05) is 19.6 Å². The highest BCUT2D eigenvalue weighted by atomic mass is 35.5. The van der Waals surface area contributed by atoms with Gasteiger partial charge in [0.15, 0.2) is 5.15 Å². The molecule has 1 aliphatic heterocycles. The predicted octanol–water partition coefficient (Wildman–Crippen LogP) is 2.88. The van der Waals surface area contributed by atoms with Crippen molar-refractivity contribution in [2.75, 3.05) is 25.0 Å². The number of carbonyl (C=O) groups excluding carboxylic acids is 1. The lowest BCUT2D eigenvalue weighted by Crippen LogP contribution is -2.46. The number of alkyl halides is 3. The molecule has 0 radical (unpaired) electrons. The van der Waals surface area contributed by atoms with Crippen LogP contribution in [0, 0.1) is 17.2 Å². The highest BCUT2D eigenvalue weighted by Gasteiger charge is 2.43. The highest BCUT2D eigenvalue weighted by Crippen LogP contribution is 2.29. The van der Waals surface area contributed by atoms with Gasteiger partial charge in [-0.05, 0) is 30.3 Å². The van der Waals surface area contributed by atoms with Crippen molar-refractivity contribution in [3.05, 3.63) is 10.7 Å². The van der Waals surface area contributed by atoms with Gasteiger partial charge in [-0.25, -0.2) is 0 Å². The van der Waals surface area contributed by atoms with Gasteiger partial charge in [-0.15, -0.1) is 0 Å². The van der Waals surface area contributed by atoms with Gasteiger partial charge in [-0.1, -0.05) is 11.6 Å². The molecule has 0 unspecified atom stereocenters. The first kappa shape index (κ1) is 16.8. The van der Waals surface area contributed by atoms with E-state index in [1.807, 2.05) is 6.07 Å². The molecular weight excluding hydrogens is 341 g/mol. The van der Waals surface area contributed by atoms with Gasteiger partial charge in [-0.3, -0.25) is 4.79 Å². The third-order valence-corrected chi connectivity index (χ3v) is 4.64. The highest BCUT2D eigenvalue weighted by molar-refractivity contribution is 7.10. The van der Waals surface area contributed by atoms with Gasteiger partial charge in [0.25, 0.3) is 0 Å². The molecule has 1 aromatic heterocycles.